The summed E-state index contributed by atoms with van der Waals surface area (Å²) in [5.41, 5.74) is 5.92. The minimum Gasteiger partial charge on any atom is -0.487 e. The van der Waals surface area contributed by atoms with E-state index in [0.717, 1.165) is 5.56 Å². The second-order valence-corrected chi connectivity index (χ2v) is 5.22. The van der Waals surface area contributed by atoms with Gasteiger partial charge in [0.15, 0.2) is 0 Å². The highest BCUT2D eigenvalue weighted by Gasteiger charge is 2.26. The first-order valence-electron chi connectivity index (χ1n) is 6.51. The van der Waals surface area contributed by atoms with Crippen molar-refractivity contribution >= 4 is 5.90 Å². The van der Waals surface area contributed by atoms with Gasteiger partial charge in [0.1, 0.15) is 24.8 Å². The van der Waals surface area contributed by atoms with Gasteiger partial charge in [-0.3, -0.25) is 0 Å². The van der Waals surface area contributed by atoms with Crippen LogP contribution in [-0.4, -0.2) is 31.2 Å². The lowest BCUT2D eigenvalue weighted by Gasteiger charge is -2.07. The molecular weight excluding hydrogens is 259 g/mol. The molecule has 20 heavy (non-hydrogen) atoms. The lowest BCUT2D eigenvalue weighted by atomic mass is 10.1. The molecule has 4 nitrogen and oxygen atoms in total. The van der Waals surface area contributed by atoms with Crippen molar-refractivity contribution in [2.75, 3.05) is 19.8 Å². The second kappa shape index (κ2) is 6.05. The van der Waals surface area contributed by atoms with Crippen LogP contribution in [0.5, 0.6) is 5.75 Å². The maximum absolute atomic E-state index is 13.1. The van der Waals surface area contributed by atoms with Gasteiger partial charge >= 0.3 is 0 Å². The van der Waals surface area contributed by atoms with Crippen LogP contribution in [0.1, 0.15) is 19.4 Å². The van der Waals surface area contributed by atoms with Gasteiger partial charge in [0.05, 0.1) is 5.54 Å². The average Bonchev–Trinajstić information content (AvgIpc) is 2.78. The number of nitrogens with zero attached hydrogens (tertiary/aromatic N) is 1. The molecular formula is C15H19FN2O2. The summed E-state index contributed by atoms with van der Waals surface area (Å²) in [6, 6.07) is 7.23. The molecule has 1 heterocycles. The molecule has 0 saturated carbocycles. The van der Waals surface area contributed by atoms with Crippen LogP contribution < -0.4 is 10.5 Å². The van der Waals surface area contributed by atoms with Crippen molar-refractivity contribution in [3.05, 3.63) is 41.7 Å². The SMILES string of the molecule is CC1(C)COC(c2ccc(OC/C(F)=C\CN)cc2)=N1. The van der Waals surface area contributed by atoms with Gasteiger partial charge in [0.25, 0.3) is 0 Å². The monoisotopic (exact) mass is 278 g/mol. The van der Waals surface area contributed by atoms with Crippen LogP contribution in [0, 0.1) is 0 Å². The maximum Gasteiger partial charge on any atom is 0.216 e. The molecule has 1 aliphatic heterocycles. The lowest BCUT2D eigenvalue weighted by molar-refractivity contribution is 0.279. The molecule has 2 N–H and O–H groups in total. The Labute approximate surface area is 118 Å². The van der Waals surface area contributed by atoms with Crippen LogP contribution in [-0.2, 0) is 4.74 Å². The summed E-state index contributed by atoms with van der Waals surface area (Å²) in [5.74, 6) is 0.852. The Morgan fingerprint density at radius 2 is 2.15 bits per heavy atom. The minimum absolute atomic E-state index is 0.110. The van der Waals surface area contributed by atoms with Crippen LogP contribution in [0.15, 0.2) is 41.2 Å². The fraction of sp³-hybridized carbons (Fsp3) is 0.400. The van der Waals surface area contributed by atoms with Crippen molar-refractivity contribution in [1.29, 1.82) is 0 Å². The predicted molar refractivity (Wildman–Crippen MR) is 76.8 cm³/mol. The number of hydrogen-bond acceptors (Lipinski definition) is 4. The van der Waals surface area contributed by atoms with Crippen LogP contribution >= 0.6 is 0 Å². The molecule has 1 aromatic rings. The Hall–Kier alpha value is -1.88. The number of halogens is 1. The molecule has 0 fully saturated rings. The number of rotatable bonds is 5. The highest BCUT2D eigenvalue weighted by molar-refractivity contribution is 5.95. The Bertz CT molecular complexity index is 521. The van der Waals surface area contributed by atoms with E-state index in [1.54, 1.807) is 12.1 Å². The summed E-state index contributed by atoms with van der Waals surface area (Å²) in [6.45, 7) is 4.67. The number of nitrogens with two attached hydrogens (primary N) is 1. The smallest absolute Gasteiger partial charge is 0.216 e. The van der Waals surface area contributed by atoms with Gasteiger partial charge in [-0.25, -0.2) is 9.38 Å². The quantitative estimate of drug-likeness (QED) is 0.900. The standard InChI is InChI=1S/C15H19FN2O2/c1-15(2)10-20-14(18-15)11-3-5-13(6-4-11)19-9-12(16)7-8-17/h3-7H,8-10,17H2,1-2H3/b12-7+. The van der Waals surface area contributed by atoms with E-state index in [1.165, 1.54) is 6.08 Å². The average molecular weight is 278 g/mol. The van der Waals surface area contributed by atoms with Crippen LogP contribution in [0.4, 0.5) is 4.39 Å². The zero-order valence-electron chi connectivity index (χ0n) is 11.7. The van der Waals surface area contributed by atoms with Gasteiger partial charge in [-0.15, -0.1) is 0 Å². The van der Waals surface area contributed by atoms with Gasteiger partial charge in [0, 0.05) is 12.1 Å². The minimum atomic E-state index is -0.373. The highest BCUT2D eigenvalue weighted by atomic mass is 19.1. The maximum atomic E-state index is 13.1. The largest absolute Gasteiger partial charge is 0.487 e. The van der Waals surface area contributed by atoms with Crippen molar-refractivity contribution in [2.45, 2.75) is 19.4 Å². The molecule has 0 atom stereocenters. The van der Waals surface area contributed by atoms with Crippen LogP contribution in [0.25, 0.3) is 0 Å². The van der Waals surface area contributed by atoms with E-state index in [0.29, 0.717) is 18.3 Å². The summed E-state index contributed by atoms with van der Waals surface area (Å²) in [7, 11) is 0. The zero-order valence-corrected chi connectivity index (χ0v) is 11.7. The van der Waals surface area contributed by atoms with Gasteiger partial charge in [-0.1, -0.05) is 0 Å². The predicted octanol–water partition coefficient (Wildman–Crippen LogP) is 2.43. The Morgan fingerprint density at radius 3 is 2.70 bits per heavy atom. The lowest BCUT2D eigenvalue weighted by Crippen LogP contribution is -2.17. The molecule has 108 valence electrons. The van der Waals surface area contributed by atoms with E-state index in [1.807, 2.05) is 26.0 Å². The van der Waals surface area contributed by atoms with Crippen molar-refractivity contribution < 1.29 is 13.9 Å². The van der Waals surface area contributed by atoms with E-state index in [4.69, 9.17) is 15.2 Å². The fourth-order valence-electron chi connectivity index (χ4n) is 1.77. The van der Waals surface area contributed by atoms with Crippen molar-refractivity contribution in [1.82, 2.24) is 0 Å². The first-order valence-corrected chi connectivity index (χ1v) is 6.51. The molecule has 1 aromatic carbocycles. The summed E-state index contributed by atoms with van der Waals surface area (Å²) >= 11 is 0. The molecule has 1 aliphatic rings. The first-order chi connectivity index (χ1) is 9.50. The molecule has 0 aromatic heterocycles. The fourth-order valence-corrected chi connectivity index (χ4v) is 1.77. The van der Waals surface area contributed by atoms with Crippen LogP contribution in [0.2, 0.25) is 0 Å². The Balaban J connectivity index is 1.99. The molecule has 0 unspecified atom stereocenters. The molecule has 0 amide bonds. The Morgan fingerprint density at radius 1 is 1.45 bits per heavy atom. The summed E-state index contributed by atoms with van der Waals surface area (Å²) in [4.78, 5) is 4.49. The van der Waals surface area contributed by atoms with E-state index in [-0.39, 0.29) is 24.5 Å². The van der Waals surface area contributed by atoms with E-state index in [9.17, 15) is 4.39 Å². The topological polar surface area (TPSA) is 56.8 Å². The number of hydrogen-bond donors (Lipinski definition) is 1. The van der Waals surface area contributed by atoms with Gasteiger partial charge < -0.3 is 15.2 Å². The Kier molecular flexibility index (Phi) is 4.39. The summed E-state index contributed by atoms with van der Waals surface area (Å²) < 4.78 is 24.0. The summed E-state index contributed by atoms with van der Waals surface area (Å²) in [5, 5.41) is 0. The van der Waals surface area contributed by atoms with Crippen molar-refractivity contribution in [3.63, 3.8) is 0 Å². The third-order valence-electron chi connectivity index (χ3n) is 2.78. The zero-order chi connectivity index (χ0) is 14.6. The van der Waals surface area contributed by atoms with E-state index in [2.05, 4.69) is 4.99 Å². The van der Waals surface area contributed by atoms with Gasteiger partial charge in [-0.2, -0.15) is 0 Å². The molecule has 0 bridgehead atoms. The van der Waals surface area contributed by atoms with Gasteiger partial charge in [0.2, 0.25) is 5.90 Å². The normalized spacial score (nSPS) is 17.6. The third kappa shape index (κ3) is 3.81. The second-order valence-electron chi connectivity index (χ2n) is 5.22. The van der Waals surface area contributed by atoms with E-state index >= 15 is 0 Å². The van der Waals surface area contributed by atoms with Crippen molar-refractivity contribution in [3.8, 4) is 5.75 Å². The molecule has 0 saturated heterocycles. The summed E-state index contributed by atoms with van der Waals surface area (Å²) in [6.07, 6.45) is 1.29. The van der Waals surface area contributed by atoms with Gasteiger partial charge in [-0.05, 0) is 44.2 Å². The highest BCUT2D eigenvalue weighted by Crippen LogP contribution is 2.22. The first kappa shape index (κ1) is 14.5. The van der Waals surface area contributed by atoms with Crippen molar-refractivity contribution in [2.24, 2.45) is 10.7 Å². The van der Waals surface area contributed by atoms with E-state index < -0.39 is 0 Å². The number of aliphatic imine (C=N–C) groups is 1. The molecule has 2 rings (SSSR count). The number of ether oxygens (including phenoxy) is 2. The van der Waals surface area contributed by atoms with Crippen LogP contribution in [0.3, 0.4) is 0 Å². The third-order valence-corrected chi connectivity index (χ3v) is 2.78. The molecule has 0 aliphatic carbocycles. The molecule has 5 heteroatoms. The molecule has 0 radical (unpaired) electrons. The number of benzene rings is 1. The molecule has 0 spiro atoms.